The minimum Gasteiger partial charge on any atom is -0.481 e. The molecule has 210 valence electrons. The van der Waals surface area contributed by atoms with Crippen LogP contribution in [0.5, 0.6) is 0 Å². The monoisotopic (exact) mass is 548 g/mol. The molecule has 15 N–H and O–H groups in total. The summed E-state index contributed by atoms with van der Waals surface area (Å²) in [6.07, 6.45) is -0.157. The lowest BCUT2D eigenvalue weighted by molar-refractivity contribution is -0.142. The number of aliphatic imine (C=N–C) groups is 2. The van der Waals surface area contributed by atoms with E-state index in [0.29, 0.717) is 0 Å². The lowest BCUT2D eigenvalue weighted by Crippen LogP contribution is -2.57. The lowest BCUT2D eigenvalue weighted by Gasteiger charge is -2.24. The predicted octanol–water partition coefficient (Wildman–Crippen LogP) is -4.64. The standard InChI is InChI=1S/C19H36N10O7S/c20-9(7-13(30)31)14(32)27-10(3-1-5-25-18(21)22)15(33)29-12(8-37)16(34)28-11(17(35)36)4-2-6-26-19(23)24/h9-12,37H,1-8,20H2,(H,27,32)(H,28,34)(H,29,33)(H,30,31)(H,35,36)(H4,21,22,25)(H4,23,24,26). The lowest BCUT2D eigenvalue weighted by atomic mass is 10.1. The van der Waals surface area contributed by atoms with Crippen molar-refractivity contribution in [1.29, 1.82) is 0 Å². The highest BCUT2D eigenvalue weighted by Crippen LogP contribution is 2.04. The maximum Gasteiger partial charge on any atom is 0.326 e. The topological polar surface area (TPSA) is 317 Å². The van der Waals surface area contributed by atoms with Gasteiger partial charge in [0.25, 0.3) is 0 Å². The molecule has 0 heterocycles. The van der Waals surface area contributed by atoms with Crippen LogP contribution >= 0.6 is 12.6 Å². The summed E-state index contributed by atoms with van der Waals surface area (Å²) in [5.41, 5.74) is 26.5. The minimum atomic E-state index is -1.43. The number of nitrogens with zero attached hydrogens (tertiary/aromatic N) is 2. The third-order valence-electron chi connectivity index (χ3n) is 4.69. The van der Waals surface area contributed by atoms with Crippen molar-refractivity contribution in [3.8, 4) is 0 Å². The van der Waals surface area contributed by atoms with Crippen molar-refractivity contribution in [3.63, 3.8) is 0 Å². The van der Waals surface area contributed by atoms with Gasteiger partial charge in [0.2, 0.25) is 17.7 Å². The number of aliphatic carboxylic acids is 2. The van der Waals surface area contributed by atoms with Crippen molar-refractivity contribution in [1.82, 2.24) is 16.0 Å². The van der Waals surface area contributed by atoms with Crippen LogP contribution in [0.1, 0.15) is 32.1 Å². The van der Waals surface area contributed by atoms with Gasteiger partial charge in [-0.05, 0) is 25.7 Å². The average Bonchev–Trinajstić information content (AvgIpc) is 2.79. The number of carbonyl (C=O) groups excluding carboxylic acids is 3. The zero-order chi connectivity index (χ0) is 28.5. The molecular weight excluding hydrogens is 512 g/mol. The van der Waals surface area contributed by atoms with E-state index in [2.05, 4.69) is 38.6 Å². The zero-order valence-corrected chi connectivity index (χ0v) is 21.0. The molecule has 4 unspecified atom stereocenters. The molecule has 0 spiro atoms. The smallest absolute Gasteiger partial charge is 0.326 e. The van der Waals surface area contributed by atoms with Crippen molar-refractivity contribution in [3.05, 3.63) is 0 Å². The maximum absolute atomic E-state index is 12.9. The molecule has 0 fully saturated rings. The Morgan fingerprint density at radius 3 is 1.59 bits per heavy atom. The first-order valence-electron chi connectivity index (χ1n) is 11.1. The second-order valence-corrected chi connectivity index (χ2v) is 8.17. The van der Waals surface area contributed by atoms with Crippen LogP contribution in [-0.4, -0.2) is 94.8 Å². The molecule has 0 rings (SSSR count). The van der Waals surface area contributed by atoms with Crippen molar-refractivity contribution in [2.45, 2.75) is 56.3 Å². The largest absolute Gasteiger partial charge is 0.481 e. The van der Waals surface area contributed by atoms with Crippen molar-refractivity contribution >= 4 is 54.2 Å². The first-order valence-corrected chi connectivity index (χ1v) is 11.7. The van der Waals surface area contributed by atoms with Crippen LogP contribution in [0.25, 0.3) is 0 Å². The van der Waals surface area contributed by atoms with Crippen LogP contribution < -0.4 is 44.6 Å². The fraction of sp³-hybridized carbons (Fsp3) is 0.632. The number of guanidine groups is 2. The average molecular weight is 549 g/mol. The van der Waals surface area contributed by atoms with Crippen LogP contribution in [0.15, 0.2) is 9.98 Å². The third-order valence-corrected chi connectivity index (χ3v) is 5.05. The molecule has 0 aliphatic carbocycles. The van der Waals surface area contributed by atoms with E-state index in [1.165, 1.54) is 0 Å². The zero-order valence-electron chi connectivity index (χ0n) is 20.1. The molecule has 0 aromatic rings. The molecule has 0 bridgehead atoms. The van der Waals surface area contributed by atoms with E-state index in [0.717, 1.165) is 0 Å². The number of rotatable bonds is 18. The number of hydrogen-bond acceptors (Lipinski definition) is 9. The second kappa shape index (κ2) is 17.6. The van der Waals surface area contributed by atoms with E-state index in [1.807, 2.05) is 0 Å². The first-order chi connectivity index (χ1) is 17.3. The molecule has 37 heavy (non-hydrogen) atoms. The van der Waals surface area contributed by atoms with E-state index in [-0.39, 0.29) is 56.4 Å². The van der Waals surface area contributed by atoms with Gasteiger partial charge in [-0.15, -0.1) is 0 Å². The van der Waals surface area contributed by atoms with E-state index >= 15 is 0 Å². The quantitative estimate of drug-likeness (QED) is 0.0333. The first kappa shape index (κ1) is 33.2. The Morgan fingerprint density at radius 1 is 0.730 bits per heavy atom. The van der Waals surface area contributed by atoms with Crippen molar-refractivity contribution < 1.29 is 34.2 Å². The molecule has 0 aromatic heterocycles. The number of carboxylic acids is 2. The van der Waals surface area contributed by atoms with Gasteiger partial charge in [0, 0.05) is 18.8 Å². The van der Waals surface area contributed by atoms with Crippen LogP contribution in [0.4, 0.5) is 0 Å². The predicted molar refractivity (Wildman–Crippen MR) is 137 cm³/mol. The summed E-state index contributed by atoms with van der Waals surface area (Å²) in [7, 11) is 0. The van der Waals surface area contributed by atoms with Gasteiger partial charge in [0.05, 0.1) is 12.5 Å². The Bertz CT molecular complexity index is 862. The van der Waals surface area contributed by atoms with E-state index in [4.69, 9.17) is 33.8 Å². The Morgan fingerprint density at radius 2 is 1.16 bits per heavy atom. The number of carbonyl (C=O) groups is 5. The highest BCUT2D eigenvalue weighted by atomic mass is 32.1. The normalized spacial score (nSPS) is 13.7. The van der Waals surface area contributed by atoms with Gasteiger partial charge in [-0.3, -0.25) is 29.2 Å². The number of nitrogens with one attached hydrogen (secondary N) is 3. The fourth-order valence-corrected chi connectivity index (χ4v) is 3.09. The van der Waals surface area contributed by atoms with Gasteiger partial charge in [-0.25, -0.2) is 4.79 Å². The maximum atomic E-state index is 12.9. The van der Waals surface area contributed by atoms with E-state index in [9.17, 15) is 29.1 Å². The summed E-state index contributed by atoms with van der Waals surface area (Å²) in [5.74, 6) is -5.69. The molecule has 0 saturated heterocycles. The van der Waals surface area contributed by atoms with Gasteiger partial charge < -0.3 is 54.8 Å². The highest BCUT2D eigenvalue weighted by molar-refractivity contribution is 7.80. The van der Waals surface area contributed by atoms with Gasteiger partial charge in [-0.1, -0.05) is 0 Å². The molecular formula is C19H36N10O7S. The second-order valence-electron chi connectivity index (χ2n) is 7.81. The van der Waals surface area contributed by atoms with E-state index < -0.39 is 60.2 Å². The fourth-order valence-electron chi connectivity index (χ4n) is 2.83. The highest BCUT2D eigenvalue weighted by Gasteiger charge is 2.30. The van der Waals surface area contributed by atoms with Crippen LogP contribution in [-0.2, 0) is 24.0 Å². The summed E-state index contributed by atoms with van der Waals surface area (Å²) in [6.45, 7) is 0.278. The number of thiol groups is 1. The number of hydrogen-bond donors (Lipinski definition) is 11. The molecule has 17 nitrogen and oxygen atoms in total. The Hall–Kier alpha value is -3.80. The number of nitrogens with two attached hydrogens (primary N) is 5. The van der Waals surface area contributed by atoms with Crippen molar-refractivity contribution in [2.24, 2.45) is 38.7 Å². The third kappa shape index (κ3) is 15.0. The molecule has 0 aliphatic rings. The number of carboxylic acid groups (broad SMARTS) is 2. The molecule has 0 aromatic carbocycles. The van der Waals surface area contributed by atoms with Crippen molar-refractivity contribution in [2.75, 3.05) is 18.8 Å². The molecule has 18 heteroatoms. The summed E-state index contributed by atoms with van der Waals surface area (Å²) in [4.78, 5) is 67.7. The van der Waals surface area contributed by atoms with Crippen LogP contribution in [0.2, 0.25) is 0 Å². The van der Waals surface area contributed by atoms with Crippen LogP contribution in [0.3, 0.4) is 0 Å². The minimum absolute atomic E-state index is 0.00995. The summed E-state index contributed by atoms with van der Waals surface area (Å²) in [5, 5.41) is 25.3. The molecule has 4 atom stereocenters. The van der Waals surface area contributed by atoms with Crippen LogP contribution in [0, 0.1) is 0 Å². The van der Waals surface area contributed by atoms with Gasteiger partial charge in [-0.2, -0.15) is 12.6 Å². The Kier molecular flexibility index (Phi) is 15.8. The SMILES string of the molecule is NC(N)=NCCCC(NC(=O)C(CS)NC(=O)C(CCCN=C(N)N)NC(=O)C(N)CC(=O)O)C(=O)O. The summed E-state index contributed by atoms with van der Waals surface area (Å²) >= 11 is 4.04. The summed E-state index contributed by atoms with van der Waals surface area (Å²) < 4.78 is 0. The molecule has 0 saturated carbocycles. The molecule has 0 radical (unpaired) electrons. The Labute approximate surface area is 218 Å². The van der Waals surface area contributed by atoms with Gasteiger partial charge >= 0.3 is 11.9 Å². The molecule has 0 aliphatic heterocycles. The Balaban J connectivity index is 5.34. The molecule has 3 amide bonds. The number of amides is 3. The van der Waals surface area contributed by atoms with Gasteiger partial charge in [0.1, 0.15) is 18.1 Å². The summed E-state index contributed by atoms with van der Waals surface area (Å²) in [6, 6.07) is -5.21. The van der Waals surface area contributed by atoms with Gasteiger partial charge in [0.15, 0.2) is 11.9 Å². The van der Waals surface area contributed by atoms with E-state index in [1.54, 1.807) is 0 Å².